The number of aliphatic imine (C=N–C) groups is 1. The highest BCUT2D eigenvalue weighted by molar-refractivity contribution is 6.14. The normalized spacial score (nSPS) is 19.1. The van der Waals surface area contributed by atoms with Gasteiger partial charge in [0.2, 0.25) is 0 Å². The van der Waals surface area contributed by atoms with Gasteiger partial charge in [-0.3, -0.25) is 4.99 Å². The van der Waals surface area contributed by atoms with Crippen molar-refractivity contribution >= 4 is 5.71 Å². The second-order valence-corrected chi connectivity index (χ2v) is 6.66. The lowest BCUT2D eigenvalue weighted by Gasteiger charge is -2.23. The molecule has 1 atom stereocenters. The first-order valence-electron chi connectivity index (χ1n) is 8.57. The molecule has 1 nitrogen and oxygen atoms in total. The molecule has 118 valence electrons. The van der Waals surface area contributed by atoms with Crippen molar-refractivity contribution in [2.75, 3.05) is 0 Å². The first kappa shape index (κ1) is 15.7. The molecule has 0 unspecified atom stereocenters. The van der Waals surface area contributed by atoms with E-state index in [1.807, 2.05) is 0 Å². The summed E-state index contributed by atoms with van der Waals surface area (Å²) in [5, 5.41) is 0. The average Bonchev–Trinajstić information content (AvgIpc) is 2.57. The van der Waals surface area contributed by atoms with Crippen LogP contribution in [-0.2, 0) is 6.42 Å². The molecule has 0 heterocycles. The van der Waals surface area contributed by atoms with Crippen LogP contribution in [0.25, 0.3) is 0 Å². The summed E-state index contributed by atoms with van der Waals surface area (Å²) >= 11 is 0. The predicted molar refractivity (Wildman–Crippen MR) is 99.1 cm³/mol. The molecule has 0 spiro atoms. The van der Waals surface area contributed by atoms with E-state index in [2.05, 4.69) is 81.4 Å². The van der Waals surface area contributed by atoms with E-state index >= 15 is 0 Å². The van der Waals surface area contributed by atoms with Crippen LogP contribution in [0.2, 0.25) is 0 Å². The van der Waals surface area contributed by atoms with Crippen molar-refractivity contribution < 1.29 is 0 Å². The second kappa shape index (κ2) is 6.95. The number of rotatable bonds is 3. The molecule has 1 aliphatic rings. The molecule has 0 saturated heterocycles. The minimum atomic E-state index is 0.174. The van der Waals surface area contributed by atoms with Gasteiger partial charge in [-0.25, -0.2) is 0 Å². The highest BCUT2D eigenvalue weighted by Crippen LogP contribution is 2.29. The Morgan fingerprint density at radius 3 is 2.30 bits per heavy atom. The van der Waals surface area contributed by atoms with Crippen molar-refractivity contribution in [2.45, 2.75) is 39.7 Å². The van der Waals surface area contributed by atoms with E-state index in [1.54, 1.807) is 0 Å². The summed E-state index contributed by atoms with van der Waals surface area (Å²) in [7, 11) is 0. The molecule has 1 heteroatoms. The predicted octanol–water partition coefficient (Wildman–Crippen LogP) is 5.77. The maximum atomic E-state index is 5.13. The largest absolute Gasteiger partial charge is 0.277 e. The van der Waals surface area contributed by atoms with Crippen molar-refractivity contribution in [3.8, 4) is 0 Å². The van der Waals surface area contributed by atoms with Crippen LogP contribution >= 0.6 is 0 Å². The molecule has 0 aliphatic heterocycles. The third-order valence-corrected chi connectivity index (χ3v) is 4.38. The van der Waals surface area contributed by atoms with E-state index < -0.39 is 0 Å². The van der Waals surface area contributed by atoms with Crippen molar-refractivity contribution in [2.24, 2.45) is 10.9 Å². The van der Waals surface area contributed by atoms with Gasteiger partial charge in [0.25, 0.3) is 0 Å². The van der Waals surface area contributed by atoms with Gasteiger partial charge in [-0.2, -0.15) is 0 Å². The molecular formula is C22H25N. The van der Waals surface area contributed by atoms with E-state index in [-0.39, 0.29) is 6.04 Å². The number of allylic oxidation sites excluding steroid dienone is 2. The van der Waals surface area contributed by atoms with Crippen molar-refractivity contribution in [3.05, 3.63) is 82.9 Å². The molecule has 0 N–H and O–H groups in total. The fraction of sp³-hybridized carbons (Fsp3) is 0.318. The summed E-state index contributed by atoms with van der Waals surface area (Å²) < 4.78 is 0. The Morgan fingerprint density at radius 2 is 1.57 bits per heavy atom. The van der Waals surface area contributed by atoms with Gasteiger partial charge < -0.3 is 0 Å². The lowest BCUT2D eigenvalue weighted by Crippen LogP contribution is -2.17. The lowest BCUT2D eigenvalue weighted by atomic mass is 9.84. The Balaban J connectivity index is 2.06. The zero-order chi connectivity index (χ0) is 16.2. The average molecular weight is 303 g/mol. The Kier molecular flexibility index (Phi) is 4.76. The van der Waals surface area contributed by atoms with Gasteiger partial charge >= 0.3 is 0 Å². The molecular weight excluding hydrogens is 278 g/mol. The third-order valence-electron chi connectivity index (χ3n) is 4.38. The Hall–Kier alpha value is -2.15. The first-order chi connectivity index (χ1) is 11.1. The molecule has 0 radical (unpaired) electrons. The number of benzene rings is 2. The Morgan fingerprint density at radius 1 is 0.870 bits per heavy atom. The molecule has 1 aliphatic carbocycles. The third kappa shape index (κ3) is 3.61. The molecule has 23 heavy (non-hydrogen) atoms. The topological polar surface area (TPSA) is 12.4 Å². The zero-order valence-electron chi connectivity index (χ0n) is 14.3. The minimum Gasteiger partial charge on any atom is -0.277 e. The van der Waals surface area contributed by atoms with Crippen LogP contribution < -0.4 is 0 Å². The fourth-order valence-corrected chi connectivity index (χ4v) is 3.25. The van der Waals surface area contributed by atoms with Gasteiger partial charge in [-0.05, 0) is 42.4 Å². The maximum absolute atomic E-state index is 5.13. The van der Waals surface area contributed by atoms with Crippen LogP contribution in [0.5, 0.6) is 0 Å². The molecule has 0 aromatic heterocycles. The zero-order valence-corrected chi connectivity index (χ0v) is 14.3. The summed E-state index contributed by atoms with van der Waals surface area (Å²) in [5.41, 5.74) is 6.60. The molecule has 0 amide bonds. The van der Waals surface area contributed by atoms with Crippen molar-refractivity contribution in [3.63, 3.8) is 0 Å². The number of hydrogen-bond acceptors (Lipinski definition) is 1. The van der Waals surface area contributed by atoms with Crippen LogP contribution in [0.15, 0.2) is 71.2 Å². The summed E-state index contributed by atoms with van der Waals surface area (Å²) in [6, 6.07) is 19.5. The fourth-order valence-electron chi connectivity index (χ4n) is 3.25. The van der Waals surface area contributed by atoms with Crippen LogP contribution in [0.1, 0.15) is 49.9 Å². The summed E-state index contributed by atoms with van der Waals surface area (Å²) in [4.78, 5) is 5.13. The number of nitrogens with zero attached hydrogens (tertiary/aromatic N) is 1. The van der Waals surface area contributed by atoms with E-state index in [0.717, 1.165) is 12.8 Å². The Bertz CT molecular complexity index is 723. The van der Waals surface area contributed by atoms with Gasteiger partial charge in [-0.1, -0.05) is 74.5 Å². The SMILES string of the molecule is CC(C)/C=C1\CCc2ccccc2C1=N[C@@H](C)c1ccccc1. The molecule has 2 aromatic rings. The molecule has 0 bridgehead atoms. The number of fused-ring (bicyclic) bond motifs is 1. The summed E-state index contributed by atoms with van der Waals surface area (Å²) in [6.07, 6.45) is 4.59. The van der Waals surface area contributed by atoms with Gasteiger partial charge in [-0.15, -0.1) is 0 Å². The van der Waals surface area contributed by atoms with E-state index in [0.29, 0.717) is 5.92 Å². The number of aryl methyl sites for hydroxylation is 1. The maximum Gasteiger partial charge on any atom is 0.0728 e. The Labute approximate surface area is 139 Å². The molecule has 0 saturated carbocycles. The molecule has 3 rings (SSSR count). The van der Waals surface area contributed by atoms with E-state index in [9.17, 15) is 0 Å². The minimum absolute atomic E-state index is 0.174. The van der Waals surface area contributed by atoms with Crippen molar-refractivity contribution in [1.29, 1.82) is 0 Å². The van der Waals surface area contributed by atoms with Crippen LogP contribution in [-0.4, -0.2) is 5.71 Å². The lowest BCUT2D eigenvalue weighted by molar-refractivity contribution is 0.796. The van der Waals surface area contributed by atoms with Crippen molar-refractivity contribution in [1.82, 2.24) is 0 Å². The monoisotopic (exact) mass is 303 g/mol. The number of hydrogen-bond donors (Lipinski definition) is 0. The van der Waals surface area contributed by atoms with Gasteiger partial charge in [0, 0.05) is 5.56 Å². The van der Waals surface area contributed by atoms with Crippen LogP contribution in [0, 0.1) is 5.92 Å². The summed E-state index contributed by atoms with van der Waals surface area (Å²) in [6.45, 7) is 6.67. The second-order valence-electron chi connectivity index (χ2n) is 6.66. The quantitative estimate of drug-likeness (QED) is 0.683. The van der Waals surface area contributed by atoms with E-state index in [1.165, 1.54) is 28.0 Å². The molecule has 2 aromatic carbocycles. The molecule has 0 fully saturated rings. The first-order valence-corrected chi connectivity index (χ1v) is 8.57. The standard InChI is InChI=1S/C22H25N/c1-16(2)15-20-14-13-19-11-7-8-12-21(19)22(20)23-17(3)18-9-5-4-6-10-18/h4-12,15-17H,13-14H2,1-3H3/b20-15+,23-22?/t17-/m0/s1. The van der Waals surface area contributed by atoms with Gasteiger partial charge in [0.15, 0.2) is 0 Å². The smallest absolute Gasteiger partial charge is 0.0728 e. The van der Waals surface area contributed by atoms with Gasteiger partial charge in [0.1, 0.15) is 0 Å². The van der Waals surface area contributed by atoms with E-state index in [4.69, 9.17) is 4.99 Å². The highest BCUT2D eigenvalue weighted by Gasteiger charge is 2.20. The van der Waals surface area contributed by atoms with Gasteiger partial charge in [0.05, 0.1) is 11.8 Å². The van der Waals surface area contributed by atoms with Crippen LogP contribution in [0.4, 0.5) is 0 Å². The van der Waals surface area contributed by atoms with Crippen LogP contribution in [0.3, 0.4) is 0 Å². The summed E-state index contributed by atoms with van der Waals surface area (Å²) in [5.74, 6) is 0.549. The highest BCUT2D eigenvalue weighted by atomic mass is 14.8.